The first-order chi connectivity index (χ1) is 16.6. The van der Waals surface area contributed by atoms with Gasteiger partial charge in [-0.15, -0.1) is 0 Å². The first kappa shape index (κ1) is 23.1. The van der Waals surface area contributed by atoms with Gasteiger partial charge in [0, 0.05) is 31.9 Å². The summed E-state index contributed by atoms with van der Waals surface area (Å²) in [6.45, 7) is 0.898. The van der Waals surface area contributed by atoms with E-state index in [4.69, 9.17) is 0 Å². The van der Waals surface area contributed by atoms with Crippen molar-refractivity contribution in [3.05, 3.63) is 108 Å². The van der Waals surface area contributed by atoms with Gasteiger partial charge in [-0.2, -0.15) is 0 Å². The van der Waals surface area contributed by atoms with Crippen LogP contribution in [0.25, 0.3) is 10.8 Å². The number of amides is 1. The Morgan fingerprint density at radius 2 is 1.44 bits per heavy atom. The van der Waals surface area contributed by atoms with Crippen molar-refractivity contribution < 1.29 is 14.7 Å². The molecule has 0 unspecified atom stereocenters. The molecule has 2 aromatic heterocycles. The normalized spacial score (nSPS) is 11.9. The molecule has 1 amide bonds. The second kappa shape index (κ2) is 11.2. The lowest BCUT2D eigenvalue weighted by Gasteiger charge is -2.22. The van der Waals surface area contributed by atoms with Gasteiger partial charge in [-0.3, -0.25) is 19.7 Å². The van der Waals surface area contributed by atoms with Crippen molar-refractivity contribution in [1.29, 1.82) is 0 Å². The van der Waals surface area contributed by atoms with Gasteiger partial charge >= 0.3 is 5.97 Å². The molecule has 34 heavy (non-hydrogen) atoms. The Kier molecular flexibility index (Phi) is 7.57. The summed E-state index contributed by atoms with van der Waals surface area (Å²) in [6.07, 6.45) is 3.61. The zero-order chi connectivity index (χ0) is 23.8. The number of fused-ring (bicyclic) bond motifs is 1. The standard InChI is InChI=1S/C27H26N4O3/c32-26(19-31(17-23-9-3-5-13-28-23)18-24-10-4-6-14-29-24)30-25(27(33)34)16-20-11-12-21-7-1-2-8-22(21)15-20/h1-15,25H,16-19H2,(H,30,32)(H,33,34)/t25-/m0/s1. The molecule has 172 valence electrons. The van der Waals surface area contributed by atoms with Gasteiger partial charge in [0.1, 0.15) is 6.04 Å². The maximum absolute atomic E-state index is 12.9. The fourth-order valence-corrected chi connectivity index (χ4v) is 3.85. The number of carboxylic acid groups (broad SMARTS) is 1. The highest BCUT2D eigenvalue weighted by atomic mass is 16.4. The van der Waals surface area contributed by atoms with E-state index in [1.807, 2.05) is 83.8 Å². The van der Waals surface area contributed by atoms with Gasteiger partial charge in [-0.25, -0.2) is 4.79 Å². The largest absolute Gasteiger partial charge is 0.480 e. The molecule has 2 N–H and O–H groups in total. The maximum atomic E-state index is 12.9. The summed E-state index contributed by atoms with van der Waals surface area (Å²) >= 11 is 0. The molecule has 0 radical (unpaired) electrons. The summed E-state index contributed by atoms with van der Waals surface area (Å²) in [4.78, 5) is 35.4. The molecule has 1 atom stereocenters. The summed E-state index contributed by atoms with van der Waals surface area (Å²) in [5.41, 5.74) is 2.49. The third kappa shape index (κ3) is 6.46. The molecule has 4 rings (SSSR count). The minimum atomic E-state index is -1.07. The Morgan fingerprint density at radius 3 is 2.03 bits per heavy atom. The van der Waals surface area contributed by atoms with Gasteiger partial charge in [0.05, 0.1) is 17.9 Å². The van der Waals surface area contributed by atoms with Gasteiger partial charge in [0.15, 0.2) is 0 Å². The minimum absolute atomic E-state index is 0.0225. The molecule has 7 nitrogen and oxygen atoms in total. The molecule has 0 bridgehead atoms. The fraction of sp³-hybridized carbons (Fsp3) is 0.185. The van der Waals surface area contributed by atoms with Crippen LogP contribution in [0.1, 0.15) is 17.0 Å². The zero-order valence-electron chi connectivity index (χ0n) is 18.7. The van der Waals surface area contributed by atoms with Gasteiger partial charge < -0.3 is 10.4 Å². The number of carbonyl (C=O) groups is 2. The van der Waals surface area contributed by atoms with Crippen molar-refractivity contribution in [2.24, 2.45) is 0 Å². The zero-order valence-corrected chi connectivity index (χ0v) is 18.7. The van der Waals surface area contributed by atoms with Gasteiger partial charge in [-0.1, -0.05) is 54.6 Å². The van der Waals surface area contributed by atoms with E-state index in [-0.39, 0.29) is 18.9 Å². The van der Waals surface area contributed by atoms with E-state index in [9.17, 15) is 14.7 Å². The van der Waals surface area contributed by atoms with Gasteiger partial charge in [0.25, 0.3) is 0 Å². The second-order valence-electron chi connectivity index (χ2n) is 8.13. The van der Waals surface area contributed by atoms with E-state index < -0.39 is 12.0 Å². The van der Waals surface area contributed by atoms with Crippen LogP contribution < -0.4 is 5.32 Å². The van der Waals surface area contributed by atoms with Gasteiger partial charge in [0.2, 0.25) is 5.91 Å². The lowest BCUT2D eigenvalue weighted by Crippen LogP contribution is -2.46. The summed E-state index contributed by atoms with van der Waals surface area (Å²) in [5.74, 6) is -1.43. The van der Waals surface area contributed by atoms with Crippen LogP contribution in [-0.4, -0.2) is 44.4 Å². The third-order valence-corrected chi connectivity index (χ3v) is 5.48. The molecule has 0 saturated carbocycles. The van der Waals surface area contributed by atoms with E-state index in [1.54, 1.807) is 12.4 Å². The molecular formula is C27H26N4O3. The average molecular weight is 455 g/mol. The topological polar surface area (TPSA) is 95.4 Å². The van der Waals surface area contributed by atoms with Gasteiger partial charge in [-0.05, 0) is 40.6 Å². The Morgan fingerprint density at radius 1 is 0.824 bits per heavy atom. The quantitative estimate of drug-likeness (QED) is 0.381. The molecule has 4 aromatic rings. The number of pyridine rings is 2. The Hall–Kier alpha value is -4.10. The summed E-state index contributed by atoms with van der Waals surface area (Å²) in [7, 11) is 0. The number of aromatic nitrogens is 2. The van der Waals surface area contributed by atoms with Crippen LogP contribution in [0, 0.1) is 0 Å². The molecule has 0 aliphatic carbocycles. The van der Waals surface area contributed by atoms with E-state index in [0.29, 0.717) is 13.1 Å². The molecule has 0 fully saturated rings. The van der Waals surface area contributed by atoms with Crippen molar-refractivity contribution in [2.45, 2.75) is 25.6 Å². The highest BCUT2D eigenvalue weighted by molar-refractivity contribution is 5.86. The lowest BCUT2D eigenvalue weighted by atomic mass is 10.0. The number of aliphatic carboxylic acids is 1. The van der Waals surface area contributed by atoms with E-state index in [0.717, 1.165) is 27.7 Å². The highest BCUT2D eigenvalue weighted by Gasteiger charge is 2.22. The first-order valence-corrected chi connectivity index (χ1v) is 11.1. The predicted molar refractivity (Wildman–Crippen MR) is 130 cm³/mol. The number of benzene rings is 2. The number of nitrogens with one attached hydrogen (secondary N) is 1. The lowest BCUT2D eigenvalue weighted by molar-refractivity contribution is -0.142. The van der Waals surface area contributed by atoms with Crippen molar-refractivity contribution in [3.8, 4) is 0 Å². The third-order valence-electron chi connectivity index (χ3n) is 5.48. The maximum Gasteiger partial charge on any atom is 0.326 e. The first-order valence-electron chi connectivity index (χ1n) is 11.1. The van der Waals surface area contributed by atoms with Crippen LogP contribution in [0.3, 0.4) is 0 Å². The Labute approximate surface area is 198 Å². The molecule has 7 heteroatoms. The van der Waals surface area contributed by atoms with Crippen LogP contribution >= 0.6 is 0 Å². The molecule has 2 heterocycles. The molecule has 0 aliphatic heterocycles. The highest BCUT2D eigenvalue weighted by Crippen LogP contribution is 2.17. The minimum Gasteiger partial charge on any atom is -0.480 e. The van der Waals surface area contributed by atoms with Crippen LogP contribution in [0.4, 0.5) is 0 Å². The van der Waals surface area contributed by atoms with Crippen LogP contribution in [0.5, 0.6) is 0 Å². The summed E-state index contributed by atoms with van der Waals surface area (Å²) in [6, 6.07) is 24.0. The number of carboxylic acids is 1. The number of nitrogens with zero attached hydrogens (tertiary/aromatic N) is 3. The van der Waals surface area contributed by atoms with Crippen LogP contribution in [0.15, 0.2) is 91.3 Å². The number of hydrogen-bond donors (Lipinski definition) is 2. The average Bonchev–Trinajstić information content (AvgIpc) is 2.84. The second-order valence-corrected chi connectivity index (χ2v) is 8.13. The van der Waals surface area contributed by atoms with Crippen molar-refractivity contribution in [2.75, 3.05) is 6.54 Å². The Balaban J connectivity index is 1.44. The van der Waals surface area contributed by atoms with E-state index in [2.05, 4.69) is 15.3 Å². The van der Waals surface area contributed by atoms with Crippen molar-refractivity contribution >= 4 is 22.6 Å². The summed E-state index contributed by atoms with van der Waals surface area (Å²) < 4.78 is 0. The summed E-state index contributed by atoms with van der Waals surface area (Å²) in [5, 5.41) is 14.6. The fourth-order valence-electron chi connectivity index (χ4n) is 3.85. The SMILES string of the molecule is O=C(CN(Cc1ccccn1)Cc1ccccn1)N[C@@H](Cc1ccc2ccccc2c1)C(=O)O. The molecule has 0 aliphatic rings. The molecule has 0 spiro atoms. The molecule has 0 saturated heterocycles. The number of rotatable bonds is 10. The van der Waals surface area contributed by atoms with Crippen molar-refractivity contribution in [1.82, 2.24) is 20.2 Å². The van der Waals surface area contributed by atoms with Crippen LogP contribution in [0.2, 0.25) is 0 Å². The molecular weight excluding hydrogens is 428 g/mol. The van der Waals surface area contributed by atoms with E-state index >= 15 is 0 Å². The predicted octanol–water partition coefficient (Wildman–Crippen LogP) is 3.44. The van der Waals surface area contributed by atoms with Crippen molar-refractivity contribution in [3.63, 3.8) is 0 Å². The number of hydrogen-bond acceptors (Lipinski definition) is 5. The monoisotopic (exact) mass is 454 g/mol. The number of carbonyl (C=O) groups excluding carboxylic acids is 1. The van der Waals surface area contributed by atoms with Crippen LogP contribution in [-0.2, 0) is 29.1 Å². The molecule has 2 aromatic carbocycles. The Bertz CT molecular complexity index is 1210. The van der Waals surface area contributed by atoms with E-state index in [1.165, 1.54) is 0 Å². The smallest absolute Gasteiger partial charge is 0.326 e.